The molecule has 0 bridgehead atoms. The van der Waals surface area contributed by atoms with E-state index in [0.717, 1.165) is 4.90 Å². The molecule has 0 aliphatic carbocycles. The lowest BCUT2D eigenvalue weighted by Gasteiger charge is -2.32. The Labute approximate surface area is 120 Å². The molecule has 3 N–H and O–H groups in total. The number of aliphatic carboxylic acids is 1. The van der Waals surface area contributed by atoms with Crippen molar-refractivity contribution in [2.45, 2.75) is 19.5 Å². The van der Waals surface area contributed by atoms with Gasteiger partial charge in [0.25, 0.3) is 0 Å². The predicted molar refractivity (Wildman–Crippen MR) is 70.1 cm³/mol. The zero-order valence-corrected chi connectivity index (χ0v) is 11.4. The third-order valence-corrected chi connectivity index (χ3v) is 2.98. The van der Waals surface area contributed by atoms with Crippen LogP contribution in [0, 0.1) is 6.92 Å². The lowest BCUT2D eigenvalue weighted by atomic mass is 10.2. The molecule has 0 aromatic carbocycles. The molecule has 0 saturated carbocycles. The van der Waals surface area contributed by atoms with E-state index in [1.54, 1.807) is 19.2 Å². The Balaban J connectivity index is 2.00. The number of amides is 3. The molecule has 0 spiro atoms. The lowest BCUT2D eigenvalue weighted by molar-refractivity contribution is -0.144. The van der Waals surface area contributed by atoms with Crippen LogP contribution < -0.4 is 10.6 Å². The summed E-state index contributed by atoms with van der Waals surface area (Å²) in [4.78, 5) is 43.5. The van der Waals surface area contributed by atoms with E-state index in [2.05, 4.69) is 20.6 Å². The van der Waals surface area contributed by atoms with Crippen LogP contribution in [0.1, 0.15) is 11.5 Å². The van der Waals surface area contributed by atoms with Gasteiger partial charge in [-0.05, 0) is 13.0 Å². The smallest absolute Gasteiger partial charge is 0.328 e. The molecule has 1 aromatic heterocycles. The minimum absolute atomic E-state index is 0.103. The predicted octanol–water partition coefficient (Wildman–Crippen LogP) is -1.12. The van der Waals surface area contributed by atoms with Gasteiger partial charge in [0.2, 0.25) is 5.91 Å². The fourth-order valence-electron chi connectivity index (χ4n) is 1.95. The summed E-state index contributed by atoms with van der Waals surface area (Å²) in [6, 6.07) is -0.0476. The maximum atomic E-state index is 12.0. The van der Waals surface area contributed by atoms with Crippen LogP contribution in [0.5, 0.6) is 0 Å². The number of carboxylic acid groups (broad SMARTS) is 1. The van der Waals surface area contributed by atoms with Gasteiger partial charge in [-0.25, -0.2) is 19.6 Å². The highest BCUT2D eigenvalue weighted by molar-refractivity contribution is 5.90. The Bertz CT molecular complexity index is 577. The number of rotatable bonds is 3. The first-order valence-electron chi connectivity index (χ1n) is 6.30. The largest absolute Gasteiger partial charge is 0.480 e. The number of piperazine rings is 1. The van der Waals surface area contributed by atoms with E-state index in [0.29, 0.717) is 11.5 Å². The molecule has 1 unspecified atom stereocenters. The van der Waals surface area contributed by atoms with Gasteiger partial charge in [0.15, 0.2) is 0 Å². The molecule has 1 aliphatic heterocycles. The van der Waals surface area contributed by atoms with Gasteiger partial charge in [-0.2, -0.15) is 0 Å². The number of hydrogen-bond acceptors (Lipinski definition) is 5. The van der Waals surface area contributed by atoms with Gasteiger partial charge >= 0.3 is 12.0 Å². The van der Waals surface area contributed by atoms with Crippen LogP contribution in [0.15, 0.2) is 12.3 Å². The van der Waals surface area contributed by atoms with Crippen molar-refractivity contribution in [2.24, 2.45) is 0 Å². The lowest BCUT2D eigenvalue weighted by Crippen LogP contribution is -2.61. The van der Waals surface area contributed by atoms with Gasteiger partial charge in [-0.1, -0.05) is 0 Å². The van der Waals surface area contributed by atoms with Gasteiger partial charge in [-0.15, -0.1) is 0 Å². The third-order valence-electron chi connectivity index (χ3n) is 2.98. The molecule has 2 rings (SSSR count). The molecule has 2 heterocycles. The fraction of sp³-hybridized carbons (Fsp3) is 0.417. The Hall–Kier alpha value is -2.71. The highest BCUT2D eigenvalue weighted by atomic mass is 16.4. The summed E-state index contributed by atoms with van der Waals surface area (Å²) in [6.45, 7) is 1.47. The minimum Gasteiger partial charge on any atom is -0.480 e. The number of aromatic nitrogens is 2. The molecular formula is C12H15N5O4. The van der Waals surface area contributed by atoms with Gasteiger partial charge in [0.1, 0.15) is 18.4 Å². The zero-order valence-electron chi connectivity index (χ0n) is 11.4. The number of nitrogens with zero attached hydrogens (tertiary/aromatic N) is 3. The molecule has 9 heteroatoms. The first-order valence-corrected chi connectivity index (χ1v) is 6.30. The van der Waals surface area contributed by atoms with Crippen molar-refractivity contribution in [3.63, 3.8) is 0 Å². The minimum atomic E-state index is -1.16. The summed E-state index contributed by atoms with van der Waals surface area (Å²) in [5, 5.41) is 14.0. The monoisotopic (exact) mass is 293 g/mol. The standard InChI is InChI=1S/C12H15N5O4/c1-7-13-3-2-8(16-7)4-15-12(21)17-6-10(18)14-5-9(17)11(19)20/h2-3,9H,4-6H2,1H3,(H,14,18)(H,15,21)(H,19,20). The van der Waals surface area contributed by atoms with Crippen LogP contribution >= 0.6 is 0 Å². The van der Waals surface area contributed by atoms with Crippen molar-refractivity contribution >= 4 is 17.9 Å². The Morgan fingerprint density at radius 1 is 1.57 bits per heavy atom. The maximum Gasteiger partial charge on any atom is 0.328 e. The summed E-state index contributed by atoms with van der Waals surface area (Å²) in [5.41, 5.74) is 0.601. The molecule has 9 nitrogen and oxygen atoms in total. The summed E-state index contributed by atoms with van der Waals surface area (Å²) in [5.74, 6) is -0.980. The number of aryl methyl sites for hydroxylation is 1. The van der Waals surface area contributed by atoms with Crippen LogP contribution in [0.25, 0.3) is 0 Å². The SMILES string of the molecule is Cc1nccc(CNC(=O)N2CC(=O)NCC2C(=O)O)n1. The molecule has 1 aromatic rings. The van der Waals surface area contributed by atoms with Crippen molar-refractivity contribution in [3.05, 3.63) is 23.8 Å². The van der Waals surface area contributed by atoms with Crippen molar-refractivity contribution in [1.29, 1.82) is 0 Å². The summed E-state index contributed by atoms with van der Waals surface area (Å²) in [7, 11) is 0. The quantitative estimate of drug-likeness (QED) is 0.648. The van der Waals surface area contributed by atoms with Crippen molar-refractivity contribution < 1.29 is 19.5 Å². The van der Waals surface area contributed by atoms with Gasteiger partial charge < -0.3 is 15.7 Å². The molecule has 3 amide bonds. The van der Waals surface area contributed by atoms with Gasteiger partial charge in [-0.3, -0.25) is 9.69 Å². The number of nitrogens with one attached hydrogen (secondary N) is 2. The number of urea groups is 1. The topological polar surface area (TPSA) is 125 Å². The molecule has 0 radical (unpaired) electrons. The molecule has 1 aliphatic rings. The first-order chi connectivity index (χ1) is 9.97. The maximum absolute atomic E-state index is 12.0. The molecular weight excluding hydrogens is 278 g/mol. The van der Waals surface area contributed by atoms with Crippen molar-refractivity contribution in [2.75, 3.05) is 13.1 Å². The van der Waals surface area contributed by atoms with Crippen LogP contribution in [-0.4, -0.2) is 57.0 Å². The van der Waals surface area contributed by atoms with E-state index in [9.17, 15) is 14.4 Å². The molecule has 112 valence electrons. The van der Waals surface area contributed by atoms with E-state index < -0.39 is 18.0 Å². The van der Waals surface area contributed by atoms with Gasteiger partial charge in [0, 0.05) is 12.7 Å². The van der Waals surface area contributed by atoms with Gasteiger partial charge in [0.05, 0.1) is 12.2 Å². The second-order valence-corrected chi connectivity index (χ2v) is 4.54. The fourth-order valence-corrected chi connectivity index (χ4v) is 1.95. The molecule has 21 heavy (non-hydrogen) atoms. The third kappa shape index (κ3) is 3.65. The number of hydrogen-bond donors (Lipinski definition) is 3. The molecule has 1 atom stereocenters. The molecule has 1 fully saturated rings. The zero-order chi connectivity index (χ0) is 15.4. The van der Waals surface area contributed by atoms with E-state index >= 15 is 0 Å². The summed E-state index contributed by atoms with van der Waals surface area (Å²) < 4.78 is 0. The van der Waals surface area contributed by atoms with E-state index in [4.69, 9.17) is 5.11 Å². The second-order valence-electron chi connectivity index (χ2n) is 4.54. The second kappa shape index (κ2) is 6.16. The number of carboxylic acids is 1. The first kappa shape index (κ1) is 14.7. The summed E-state index contributed by atoms with van der Waals surface area (Å²) in [6.07, 6.45) is 1.57. The Morgan fingerprint density at radius 2 is 2.33 bits per heavy atom. The van der Waals surface area contributed by atoms with Crippen LogP contribution in [0.4, 0.5) is 4.79 Å². The average Bonchev–Trinajstić information content (AvgIpc) is 2.44. The van der Waals surface area contributed by atoms with E-state index in [1.807, 2.05) is 0 Å². The Morgan fingerprint density at radius 3 is 3.00 bits per heavy atom. The Kier molecular flexibility index (Phi) is 4.31. The van der Waals surface area contributed by atoms with Crippen molar-refractivity contribution in [1.82, 2.24) is 25.5 Å². The average molecular weight is 293 g/mol. The highest BCUT2D eigenvalue weighted by Gasteiger charge is 2.35. The summed E-state index contributed by atoms with van der Waals surface area (Å²) >= 11 is 0. The highest BCUT2D eigenvalue weighted by Crippen LogP contribution is 2.05. The van der Waals surface area contributed by atoms with Crippen LogP contribution in [0.2, 0.25) is 0 Å². The number of carbonyl (C=O) groups is 3. The van der Waals surface area contributed by atoms with Crippen LogP contribution in [-0.2, 0) is 16.1 Å². The van der Waals surface area contributed by atoms with E-state index in [-0.39, 0.29) is 25.5 Å². The molecule has 1 saturated heterocycles. The normalized spacial score (nSPS) is 18.0. The van der Waals surface area contributed by atoms with Crippen molar-refractivity contribution in [3.8, 4) is 0 Å². The van der Waals surface area contributed by atoms with Crippen LogP contribution in [0.3, 0.4) is 0 Å². The number of carbonyl (C=O) groups excluding carboxylic acids is 2. The van der Waals surface area contributed by atoms with E-state index in [1.165, 1.54) is 0 Å².